The van der Waals surface area contributed by atoms with Crippen molar-refractivity contribution < 1.29 is 8.78 Å². The van der Waals surface area contributed by atoms with Crippen molar-refractivity contribution in [2.45, 2.75) is 45.2 Å². The van der Waals surface area contributed by atoms with Gasteiger partial charge in [0.15, 0.2) is 11.6 Å². The first-order valence-electron chi connectivity index (χ1n) is 7.92. The molecule has 0 aromatic heterocycles. The number of hydrogen-bond donors (Lipinski definition) is 1. The van der Waals surface area contributed by atoms with E-state index in [2.05, 4.69) is 30.4 Å². The van der Waals surface area contributed by atoms with Crippen LogP contribution in [0.3, 0.4) is 0 Å². The van der Waals surface area contributed by atoms with E-state index in [1.807, 2.05) is 0 Å². The molecular weight excluding hydrogens is 280 g/mol. The van der Waals surface area contributed by atoms with Crippen molar-refractivity contribution in [3.05, 3.63) is 70.3 Å². The summed E-state index contributed by atoms with van der Waals surface area (Å²) in [6.45, 7) is 2.62. The lowest BCUT2D eigenvalue weighted by atomic mass is 9.89. The number of halogens is 2. The Labute approximate surface area is 130 Å². The van der Waals surface area contributed by atoms with Crippen LogP contribution < -0.4 is 5.32 Å². The van der Waals surface area contributed by atoms with Gasteiger partial charge in [0, 0.05) is 12.6 Å². The summed E-state index contributed by atoms with van der Waals surface area (Å²) < 4.78 is 26.1. The fourth-order valence-corrected chi connectivity index (χ4v) is 3.06. The Bertz CT molecular complexity index is 666. The molecule has 0 saturated carbocycles. The minimum absolute atomic E-state index is 0.181. The van der Waals surface area contributed by atoms with Gasteiger partial charge in [0.05, 0.1) is 0 Å². The summed E-state index contributed by atoms with van der Waals surface area (Å²) in [6, 6.07) is 10.9. The predicted molar refractivity (Wildman–Crippen MR) is 84.7 cm³/mol. The molecule has 2 aromatic carbocycles. The molecule has 0 fully saturated rings. The second-order valence-electron chi connectivity index (χ2n) is 6.09. The molecule has 0 amide bonds. The number of aryl methyl sites for hydroxylation is 2. The molecule has 116 valence electrons. The average Bonchev–Trinajstić information content (AvgIpc) is 2.55. The quantitative estimate of drug-likeness (QED) is 0.863. The largest absolute Gasteiger partial charge is 0.306 e. The Morgan fingerprint density at radius 2 is 1.73 bits per heavy atom. The first kappa shape index (κ1) is 15.2. The summed E-state index contributed by atoms with van der Waals surface area (Å²) in [7, 11) is 0. The minimum Gasteiger partial charge on any atom is -0.306 e. The molecule has 1 N–H and O–H groups in total. The Balaban J connectivity index is 1.66. The van der Waals surface area contributed by atoms with Gasteiger partial charge < -0.3 is 5.32 Å². The van der Waals surface area contributed by atoms with Gasteiger partial charge in [-0.15, -0.1) is 0 Å². The lowest BCUT2D eigenvalue weighted by Gasteiger charge is -2.20. The number of fused-ring (bicyclic) bond motifs is 1. The number of benzene rings is 2. The van der Waals surface area contributed by atoms with Gasteiger partial charge in [-0.1, -0.05) is 24.3 Å². The van der Waals surface area contributed by atoms with E-state index in [0.717, 1.165) is 5.56 Å². The van der Waals surface area contributed by atoms with Gasteiger partial charge >= 0.3 is 0 Å². The third kappa shape index (κ3) is 3.36. The molecule has 1 nitrogen and oxygen atoms in total. The van der Waals surface area contributed by atoms with Crippen molar-refractivity contribution in [2.75, 3.05) is 0 Å². The molecule has 3 heteroatoms. The Kier molecular flexibility index (Phi) is 4.53. The van der Waals surface area contributed by atoms with E-state index in [9.17, 15) is 8.78 Å². The first-order valence-corrected chi connectivity index (χ1v) is 7.92. The topological polar surface area (TPSA) is 12.0 Å². The van der Waals surface area contributed by atoms with Crippen molar-refractivity contribution in [3.63, 3.8) is 0 Å². The highest BCUT2D eigenvalue weighted by atomic mass is 19.2. The van der Waals surface area contributed by atoms with Gasteiger partial charge in [-0.25, -0.2) is 8.78 Å². The van der Waals surface area contributed by atoms with E-state index >= 15 is 0 Å². The van der Waals surface area contributed by atoms with Crippen molar-refractivity contribution >= 4 is 0 Å². The van der Waals surface area contributed by atoms with Crippen LogP contribution in [0.4, 0.5) is 8.78 Å². The molecule has 0 heterocycles. The van der Waals surface area contributed by atoms with E-state index in [1.165, 1.54) is 54.5 Å². The van der Waals surface area contributed by atoms with Gasteiger partial charge in [0.2, 0.25) is 0 Å². The maximum atomic E-state index is 13.2. The highest BCUT2D eigenvalue weighted by molar-refractivity contribution is 5.35. The van der Waals surface area contributed by atoms with Crippen molar-refractivity contribution in [3.8, 4) is 0 Å². The maximum Gasteiger partial charge on any atom is 0.159 e. The maximum absolute atomic E-state index is 13.2. The fraction of sp³-hybridized carbons (Fsp3) is 0.368. The lowest BCUT2D eigenvalue weighted by molar-refractivity contribution is 0.504. The third-order valence-corrected chi connectivity index (χ3v) is 4.47. The molecule has 2 aromatic rings. The number of nitrogens with one attached hydrogen (secondary N) is 1. The summed E-state index contributed by atoms with van der Waals surface area (Å²) >= 11 is 0. The summed E-state index contributed by atoms with van der Waals surface area (Å²) in [5, 5.41) is 3.38. The Hall–Kier alpha value is -1.74. The molecular formula is C19H21F2N. The van der Waals surface area contributed by atoms with Crippen molar-refractivity contribution in [1.29, 1.82) is 0 Å². The van der Waals surface area contributed by atoms with Gasteiger partial charge in [0.25, 0.3) is 0 Å². The highest BCUT2D eigenvalue weighted by Gasteiger charge is 2.12. The Morgan fingerprint density at radius 3 is 2.50 bits per heavy atom. The molecule has 0 bridgehead atoms. The van der Waals surface area contributed by atoms with E-state index in [-0.39, 0.29) is 6.04 Å². The second kappa shape index (κ2) is 6.57. The van der Waals surface area contributed by atoms with Crippen LogP contribution in [0.25, 0.3) is 0 Å². The third-order valence-electron chi connectivity index (χ3n) is 4.47. The van der Waals surface area contributed by atoms with Crippen molar-refractivity contribution in [2.24, 2.45) is 0 Å². The fourth-order valence-electron chi connectivity index (χ4n) is 3.06. The van der Waals surface area contributed by atoms with E-state index in [1.54, 1.807) is 6.07 Å². The van der Waals surface area contributed by atoms with Crippen LogP contribution in [0.1, 0.15) is 48.1 Å². The van der Waals surface area contributed by atoms with Crippen molar-refractivity contribution in [1.82, 2.24) is 5.32 Å². The summed E-state index contributed by atoms with van der Waals surface area (Å²) in [6.07, 6.45) is 4.91. The standard InChI is InChI=1S/C19H21F2N/c1-13(22-12-14-6-9-18(20)19(21)10-14)16-8-7-15-4-2-3-5-17(15)11-16/h6-11,13,22H,2-5,12H2,1H3. The van der Waals surface area contributed by atoms with Crippen LogP contribution in [0, 0.1) is 11.6 Å². The molecule has 22 heavy (non-hydrogen) atoms. The zero-order valence-electron chi connectivity index (χ0n) is 12.8. The molecule has 1 atom stereocenters. The average molecular weight is 301 g/mol. The lowest BCUT2D eigenvalue weighted by Crippen LogP contribution is -2.19. The zero-order chi connectivity index (χ0) is 15.5. The van der Waals surface area contributed by atoms with Gasteiger partial charge in [-0.3, -0.25) is 0 Å². The van der Waals surface area contributed by atoms with Gasteiger partial charge in [-0.2, -0.15) is 0 Å². The van der Waals surface area contributed by atoms with Crippen LogP contribution in [0.15, 0.2) is 36.4 Å². The molecule has 1 aliphatic carbocycles. The molecule has 1 aliphatic rings. The molecule has 0 radical (unpaired) electrons. The molecule has 0 saturated heterocycles. The van der Waals surface area contributed by atoms with Crippen LogP contribution >= 0.6 is 0 Å². The summed E-state index contributed by atoms with van der Waals surface area (Å²) in [5.41, 5.74) is 4.94. The minimum atomic E-state index is -0.800. The molecule has 1 unspecified atom stereocenters. The van der Waals surface area contributed by atoms with Gasteiger partial charge in [-0.05, 0) is 67.0 Å². The van der Waals surface area contributed by atoms with Crippen LogP contribution in [0.5, 0.6) is 0 Å². The summed E-state index contributed by atoms with van der Waals surface area (Å²) in [4.78, 5) is 0. The van der Waals surface area contributed by atoms with Crippen LogP contribution in [0.2, 0.25) is 0 Å². The van der Waals surface area contributed by atoms with Crippen LogP contribution in [-0.2, 0) is 19.4 Å². The monoisotopic (exact) mass is 301 g/mol. The van der Waals surface area contributed by atoms with E-state index in [0.29, 0.717) is 6.54 Å². The molecule has 0 spiro atoms. The second-order valence-corrected chi connectivity index (χ2v) is 6.09. The SMILES string of the molecule is CC(NCc1ccc(F)c(F)c1)c1ccc2c(c1)CCCC2. The molecule has 3 rings (SSSR count). The zero-order valence-corrected chi connectivity index (χ0v) is 12.8. The molecule has 0 aliphatic heterocycles. The first-order chi connectivity index (χ1) is 10.6. The predicted octanol–water partition coefficient (Wildman–Crippen LogP) is 4.69. The van der Waals surface area contributed by atoms with Gasteiger partial charge in [0.1, 0.15) is 0 Å². The normalized spacial score (nSPS) is 15.4. The van der Waals surface area contributed by atoms with Crippen LogP contribution in [-0.4, -0.2) is 0 Å². The Morgan fingerprint density at radius 1 is 0.955 bits per heavy atom. The number of hydrogen-bond acceptors (Lipinski definition) is 1. The highest BCUT2D eigenvalue weighted by Crippen LogP contribution is 2.25. The smallest absolute Gasteiger partial charge is 0.159 e. The summed E-state index contributed by atoms with van der Waals surface area (Å²) in [5.74, 6) is -1.59. The van der Waals surface area contributed by atoms with E-state index < -0.39 is 11.6 Å². The van der Waals surface area contributed by atoms with E-state index in [4.69, 9.17) is 0 Å². The number of rotatable bonds is 4.